The number of benzene rings is 1. The van der Waals surface area contributed by atoms with Crippen LogP contribution in [0.2, 0.25) is 10.0 Å². The first kappa shape index (κ1) is 16.7. The van der Waals surface area contributed by atoms with E-state index in [2.05, 4.69) is 10.1 Å². The Morgan fingerprint density at radius 2 is 1.90 bits per heavy atom. The average Bonchev–Trinajstić information content (AvgIpc) is 3.16. The van der Waals surface area contributed by atoms with Crippen molar-refractivity contribution in [2.24, 2.45) is 0 Å². The first-order chi connectivity index (χ1) is 9.85. The molecule has 0 heterocycles. The van der Waals surface area contributed by atoms with Crippen LogP contribution in [0.25, 0.3) is 0 Å². The van der Waals surface area contributed by atoms with Gasteiger partial charge in [-0.05, 0) is 25.0 Å². The Balaban J connectivity index is 1.95. The molecule has 1 aromatic rings. The molecule has 0 unspecified atom stereocenters. The average molecular weight is 344 g/mol. The third kappa shape index (κ3) is 5.90. The summed E-state index contributed by atoms with van der Waals surface area (Å²) in [5, 5.41) is 3.99. The minimum atomic E-state index is -4.66. The Morgan fingerprint density at radius 3 is 2.52 bits per heavy atom. The number of hydrogen-bond donors (Lipinski definition) is 1. The summed E-state index contributed by atoms with van der Waals surface area (Å²) in [6.07, 6.45) is -2.43. The maximum Gasteiger partial charge on any atom is 0.522 e. The lowest BCUT2D eigenvalue weighted by Gasteiger charge is -2.15. The minimum Gasteiger partial charge on any atom is -0.489 e. The van der Waals surface area contributed by atoms with Gasteiger partial charge in [0.25, 0.3) is 0 Å². The lowest BCUT2D eigenvalue weighted by molar-refractivity contribution is -0.325. The zero-order valence-corrected chi connectivity index (χ0v) is 12.5. The number of halogens is 5. The number of hydrogen-bond acceptors (Lipinski definition) is 3. The van der Waals surface area contributed by atoms with Crippen molar-refractivity contribution in [3.05, 3.63) is 27.7 Å². The van der Waals surface area contributed by atoms with Gasteiger partial charge in [0.1, 0.15) is 12.4 Å². The molecule has 0 aliphatic heterocycles. The maximum absolute atomic E-state index is 11.9. The second-order valence-corrected chi connectivity index (χ2v) is 5.52. The van der Waals surface area contributed by atoms with E-state index in [0.717, 1.165) is 12.8 Å². The van der Waals surface area contributed by atoms with Crippen LogP contribution in [0, 0.1) is 0 Å². The van der Waals surface area contributed by atoms with Crippen LogP contribution in [0.3, 0.4) is 0 Å². The molecule has 118 valence electrons. The summed E-state index contributed by atoms with van der Waals surface area (Å²) in [5.41, 5.74) is 0.714. The second kappa shape index (κ2) is 7.05. The molecule has 1 aliphatic carbocycles. The molecular weight excluding hydrogens is 330 g/mol. The van der Waals surface area contributed by atoms with E-state index in [0.29, 0.717) is 28.9 Å². The van der Waals surface area contributed by atoms with E-state index < -0.39 is 13.0 Å². The fraction of sp³-hybridized carbons (Fsp3) is 0.538. The minimum absolute atomic E-state index is 0.253. The molecule has 1 fully saturated rings. The molecule has 0 spiro atoms. The Labute approximate surface area is 130 Å². The van der Waals surface area contributed by atoms with E-state index in [1.807, 2.05) is 0 Å². The van der Waals surface area contributed by atoms with Crippen LogP contribution < -0.4 is 10.1 Å². The Hall–Kier alpha value is -0.690. The van der Waals surface area contributed by atoms with E-state index in [-0.39, 0.29) is 11.6 Å². The predicted molar refractivity (Wildman–Crippen MR) is 73.8 cm³/mol. The third-order valence-electron chi connectivity index (χ3n) is 2.84. The van der Waals surface area contributed by atoms with Crippen molar-refractivity contribution in [3.63, 3.8) is 0 Å². The van der Waals surface area contributed by atoms with Crippen LogP contribution >= 0.6 is 23.2 Å². The molecule has 3 nitrogen and oxygen atoms in total. The van der Waals surface area contributed by atoms with E-state index >= 15 is 0 Å². The number of rotatable bonds is 7. The van der Waals surface area contributed by atoms with Crippen LogP contribution in [-0.4, -0.2) is 25.6 Å². The van der Waals surface area contributed by atoms with Gasteiger partial charge in [0.15, 0.2) is 0 Å². The fourth-order valence-corrected chi connectivity index (χ4v) is 2.34. The van der Waals surface area contributed by atoms with Crippen molar-refractivity contribution in [2.45, 2.75) is 31.8 Å². The van der Waals surface area contributed by atoms with Gasteiger partial charge >= 0.3 is 6.36 Å². The molecule has 1 saturated carbocycles. The standard InChI is InChI=1S/C13H14Cl2F3NO2/c14-9-5-8(7-19-10-1-2-10)12(11(15)6-9)20-3-4-21-13(16,17)18/h5-6,10,19H,1-4,7H2. The topological polar surface area (TPSA) is 30.5 Å². The summed E-state index contributed by atoms with van der Waals surface area (Å²) >= 11 is 12.0. The fourth-order valence-electron chi connectivity index (χ4n) is 1.75. The van der Waals surface area contributed by atoms with Crippen molar-refractivity contribution < 1.29 is 22.6 Å². The van der Waals surface area contributed by atoms with Gasteiger partial charge < -0.3 is 10.1 Å². The highest BCUT2D eigenvalue weighted by Gasteiger charge is 2.28. The van der Waals surface area contributed by atoms with Crippen molar-refractivity contribution >= 4 is 23.2 Å². The Kier molecular flexibility index (Phi) is 5.60. The van der Waals surface area contributed by atoms with E-state index in [1.165, 1.54) is 6.07 Å². The molecule has 1 N–H and O–H groups in total. The normalized spacial score (nSPS) is 15.3. The molecule has 8 heteroatoms. The van der Waals surface area contributed by atoms with Crippen molar-refractivity contribution in [3.8, 4) is 5.75 Å². The summed E-state index contributed by atoms with van der Waals surface area (Å²) in [6, 6.07) is 3.65. The lowest BCUT2D eigenvalue weighted by Crippen LogP contribution is -2.19. The van der Waals surface area contributed by atoms with Crippen LogP contribution in [0.1, 0.15) is 18.4 Å². The molecule has 0 aromatic heterocycles. The molecule has 0 radical (unpaired) electrons. The highest BCUT2D eigenvalue weighted by molar-refractivity contribution is 6.35. The van der Waals surface area contributed by atoms with Gasteiger partial charge in [-0.15, -0.1) is 13.2 Å². The van der Waals surface area contributed by atoms with Crippen molar-refractivity contribution in [2.75, 3.05) is 13.2 Å². The van der Waals surface area contributed by atoms with Gasteiger partial charge in [0.2, 0.25) is 0 Å². The Morgan fingerprint density at radius 1 is 1.19 bits per heavy atom. The molecule has 2 rings (SSSR count). The molecule has 0 amide bonds. The highest BCUT2D eigenvalue weighted by Crippen LogP contribution is 2.33. The van der Waals surface area contributed by atoms with Gasteiger partial charge in [-0.25, -0.2) is 0 Å². The molecule has 0 saturated heterocycles. The summed E-state index contributed by atoms with van der Waals surface area (Å²) < 4.78 is 44.6. The monoisotopic (exact) mass is 343 g/mol. The van der Waals surface area contributed by atoms with Crippen LogP contribution in [0.4, 0.5) is 13.2 Å². The van der Waals surface area contributed by atoms with Gasteiger partial charge in [0.05, 0.1) is 11.6 Å². The number of alkyl halides is 3. The first-order valence-electron chi connectivity index (χ1n) is 6.40. The lowest BCUT2D eigenvalue weighted by atomic mass is 10.2. The summed E-state index contributed by atoms with van der Waals surface area (Å²) in [4.78, 5) is 0. The van der Waals surface area contributed by atoms with Crippen molar-refractivity contribution in [1.29, 1.82) is 0 Å². The second-order valence-electron chi connectivity index (χ2n) is 4.67. The number of ether oxygens (including phenoxy) is 2. The summed E-state index contributed by atoms with van der Waals surface area (Å²) in [5.74, 6) is 0.333. The summed E-state index contributed by atoms with van der Waals surface area (Å²) in [7, 11) is 0. The van der Waals surface area contributed by atoms with Gasteiger partial charge in [0, 0.05) is 23.2 Å². The third-order valence-corrected chi connectivity index (χ3v) is 3.34. The van der Waals surface area contributed by atoms with Gasteiger partial charge in [-0.3, -0.25) is 4.74 Å². The Bertz CT molecular complexity index is 493. The molecule has 0 atom stereocenters. The predicted octanol–water partition coefficient (Wildman–Crippen LogP) is 4.16. The van der Waals surface area contributed by atoms with Gasteiger partial charge in [-0.2, -0.15) is 0 Å². The van der Waals surface area contributed by atoms with E-state index in [9.17, 15) is 13.2 Å². The van der Waals surface area contributed by atoms with Crippen LogP contribution in [0.15, 0.2) is 12.1 Å². The SMILES string of the molecule is FC(F)(F)OCCOc1c(Cl)cc(Cl)cc1CNC1CC1. The van der Waals surface area contributed by atoms with Crippen molar-refractivity contribution in [1.82, 2.24) is 5.32 Å². The zero-order valence-electron chi connectivity index (χ0n) is 11.0. The van der Waals surface area contributed by atoms with E-state index in [1.54, 1.807) is 6.07 Å². The zero-order chi connectivity index (χ0) is 15.5. The largest absolute Gasteiger partial charge is 0.522 e. The van der Waals surface area contributed by atoms with Crippen LogP contribution in [-0.2, 0) is 11.3 Å². The smallest absolute Gasteiger partial charge is 0.489 e. The molecule has 1 aromatic carbocycles. The van der Waals surface area contributed by atoms with Crippen LogP contribution in [0.5, 0.6) is 5.75 Å². The first-order valence-corrected chi connectivity index (χ1v) is 7.15. The molecule has 1 aliphatic rings. The summed E-state index contributed by atoms with van der Waals surface area (Å²) in [6.45, 7) is -0.352. The molecular formula is C13H14Cl2F3NO2. The quantitative estimate of drug-likeness (QED) is 0.754. The van der Waals surface area contributed by atoms with Gasteiger partial charge in [-0.1, -0.05) is 23.2 Å². The molecule has 0 bridgehead atoms. The number of nitrogens with one attached hydrogen (secondary N) is 1. The highest BCUT2D eigenvalue weighted by atomic mass is 35.5. The van der Waals surface area contributed by atoms with E-state index in [4.69, 9.17) is 27.9 Å². The molecule has 21 heavy (non-hydrogen) atoms. The maximum atomic E-state index is 11.9.